The SMILES string of the molecule is CC.Fc1cncc(-c2cc(NCCc3c[nH]c4ccccc34)n3ncc(Br)c3n2)c1. The first-order valence-corrected chi connectivity index (χ1v) is 10.9. The summed E-state index contributed by atoms with van der Waals surface area (Å²) in [4.78, 5) is 11.8. The van der Waals surface area contributed by atoms with E-state index in [0.29, 0.717) is 23.4 Å². The third-order valence-electron chi connectivity index (χ3n) is 4.80. The van der Waals surface area contributed by atoms with Crippen molar-refractivity contribution in [3.63, 3.8) is 0 Å². The molecular formula is C23H22BrFN6. The summed E-state index contributed by atoms with van der Waals surface area (Å²) in [6.07, 6.45) is 7.36. The lowest BCUT2D eigenvalue weighted by atomic mass is 10.1. The maximum absolute atomic E-state index is 13.6. The first-order chi connectivity index (χ1) is 15.2. The molecule has 0 spiro atoms. The topological polar surface area (TPSA) is 70.9 Å². The van der Waals surface area contributed by atoms with Crippen LogP contribution in [0.3, 0.4) is 0 Å². The van der Waals surface area contributed by atoms with E-state index in [1.165, 1.54) is 23.2 Å². The smallest absolute Gasteiger partial charge is 0.172 e. The number of fused-ring (bicyclic) bond motifs is 2. The van der Waals surface area contributed by atoms with Crippen LogP contribution in [0.2, 0.25) is 0 Å². The molecule has 0 bridgehead atoms. The molecule has 5 aromatic rings. The van der Waals surface area contributed by atoms with Crippen LogP contribution in [0.15, 0.2) is 65.7 Å². The Morgan fingerprint density at radius 1 is 1.13 bits per heavy atom. The number of hydrogen-bond acceptors (Lipinski definition) is 4. The summed E-state index contributed by atoms with van der Waals surface area (Å²) in [6.45, 7) is 4.71. The first kappa shape index (κ1) is 21.0. The Morgan fingerprint density at radius 3 is 2.81 bits per heavy atom. The van der Waals surface area contributed by atoms with E-state index in [9.17, 15) is 4.39 Å². The van der Waals surface area contributed by atoms with Gasteiger partial charge in [-0.3, -0.25) is 4.98 Å². The lowest BCUT2D eigenvalue weighted by Crippen LogP contribution is -2.10. The van der Waals surface area contributed by atoms with Crippen molar-refractivity contribution in [2.75, 3.05) is 11.9 Å². The zero-order chi connectivity index (χ0) is 21.8. The van der Waals surface area contributed by atoms with E-state index in [2.05, 4.69) is 53.4 Å². The van der Waals surface area contributed by atoms with E-state index in [4.69, 9.17) is 0 Å². The number of aromatic amines is 1. The van der Waals surface area contributed by atoms with Gasteiger partial charge >= 0.3 is 0 Å². The number of benzene rings is 1. The highest BCUT2D eigenvalue weighted by molar-refractivity contribution is 9.10. The molecule has 0 aliphatic rings. The summed E-state index contributed by atoms with van der Waals surface area (Å²) in [5.74, 6) is 0.380. The van der Waals surface area contributed by atoms with Crippen LogP contribution in [0.25, 0.3) is 27.8 Å². The normalized spacial score (nSPS) is 10.8. The van der Waals surface area contributed by atoms with Crippen molar-refractivity contribution >= 4 is 38.3 Å². The van der Waals surface area contributed by atoms with Crippen LogP contribution in [-0.4, -0.2) is 31.1 Å². The summed E-state index contributed by atoms with van der Waals surface area (Å²) in [7, 11) is 0. The Bertz CT molecular complexity index is 1330. The minimum Gasteiger partial charge on any atom is -0.370 e. The van der Waals surface area contributed by atoms with Gasteiger partial charge in [0.2, 0.25) is 0 Å². The van der Waals surface area contributed by atoms with E-state index in [0.717, 1.165) is 22.2 Å². The van der Waals surface area contributed by atoms with E-state index >= 15 is 0 Å². The van der Waals surface area contributed by atoms with E-state index in [-0.39, 0.29) is 0 Å². The fourth-order valence-electron chi connectivity index (χ4n) is 3.43. The molecule has 0 atom stereocenters. The van der Waals surface area contributed by atoms with E-state index in [1.807, 2.05) is 38.2 Å². The fourth-order valence-corrected chi connectivity index (χ4v) is 3.77. The van der Waals surface area contributed by atoms with E-state index in [1.54, 1.807) is 16.9 Å². The molecule has 6 nitrogen and oxygen atoms in total. The molecule has 2 N–H and O–H groups in total. The van der Waals surface area contributed by atoms with Crippen LogP contribution >= 0.6 is 15.9 Å². The Kier molecular flexibility index (Phi) is 6.27. The monoisotopic (exact) mass is 480 g/mol. The zero-order valence-electron chi connectivity index (χ0n) is 17.2. The highest BCUT2D eigenvalue weighted by atomic mass is 79.9. The molecule has 0 amide bonds. The standard InChI is InChI=1S/C21H16BrFN6.C2H6/c22-17-12-27-29-20(8-19(28-21(17)29)14-7-15(23)11-24-9-14)25-6-5-13-10-26-18-4-2-1-3-16(13)18;1-2/h1-4,7-12,25-26H,5-6H2;1-2H3. The van der Waals surface area contributed by atoms with Crippen LogP contribution in [0, 0.1) is 5.82 Å². The lowest BCUT2D eigenvalue weighted by Gasteiger charge is -2.11. The molecule has 0 fully saturated rings. The average Bonchev–Trinajstić information content (AvgIpc) is 3.39. The molecule has 5 rings (SSSR count). The minimum absolute atomic E-state index is 0.398. The summed E-state index contributed by atoms with van der Waals surface area (Å²) >= 11 is 3.48. The lowest BCUT2D eigenvalue weighted by molar-refractivity contribution is 0.622. The molecule has 0 saturated heterocycles. The van der Waals surface area contributed by atoms with Gasteiger partial charge in [-0.15, -0.1) is 0 Å². The highest BCUT2D eigenvalue weighted by Crippen LogP contribution is 2.26. The largest absolute Gasteiger partial charge is 0.370 e. The third-order valence-corrected chi connectivity index (χ3v) is 5.36. The van der Waals surface area contributed by atoms with Crippen molar-refractivity contribution in [2.45, 2.75) is 20.3 Å². The van der Waals surface area contributed by atoms with Gasteiger partial charge in [-0.25, -0.2) is 9.37 Å². The number of H-pyrrole nitrogens is 1. The minimum atomic E-state index is -0.398. The Labute approximate surface area is 187 Å². The van der Waals surface area contributed by atoms with Gasteiger partial charge < -0.3 is 10.3 Å². The van der Waals surface area contributed by atoms with Crippen LogP contribution in [0.5, 0.6) is 0 Å². The van der Waals surface area contributed by atoms with Crippen LogP contribution < -0.4 is 5.32 Å². The van der Waals surface area contributed by atoms with Crippen molar-refractivity contribution in [1.29, 1.82) is 0 Å². The molecule has 1 aromatic carbocycles. The highest BCUT2D eigenvalue weighted by Gasteiger charge is 2.12. The number of nitrogens with zero attached hydrogens (tertiary/aromatic N) is 4. The van der Waals surface area contributed by atoms with Crippen molar-refractivity contribution in [1.82, 2.24) is 24.6 Å². The summed E-state index contributed by atoms with van der Waals surface area (Å²) in [6, 6.07) is 11.5. The summed E-state index contributed by atoms with van der Waals surface area (Å²) < 4.78 is 16.1. The Balaban J connectivity index is 0.00000112. The van der Waals surface area contributed by atoms with Gasteiger partial charge in [-0.1, -0.05) is 32.0 Å². The molecule has 0 aliphatic carbocycles. The van der Waals surface area contributed by atoms with Crippen molar-refractivity contribution in [3.05, 3.63) is 77.0 Å². The summed E-state index contributed by atoms with van der Waals surface area (Å²) in [5, 5.41) is 9.05. The predicted molar refractivity (Wildman–Crippen MR) is 126 cm³/mol. The van der Waals surface area contributed by atoms with Gasteiger partial charge in [0.1, 0.15) is 11.6 Å². The molecular weight excluding hydrogens is 459 g/mol. The number of nitrogens with one attached hydrogen (secondary N) is 2. The number of para-hydroxylation sites is 1. The molecule has 0 unspecified atom stereocenters. The Morgan fingerprint density at radius 2 is 1.97 bits per heavy atom. The average molecular weight is 481 g/mol. The van der Waals surface area contributed by atoms with Gasteiger partial charge in [-0.2, -0.15) is 9.61 Å². The second-order valence-electron chi connectivity index (χ2n) is 6.68. The maximum Gasteiger partial charge on any atom is 0.172 e. The van der Waals surface area contributed by atoms with Gasteiger partial charge in [-0.05, 0) is 40.0 Å². The van der Waals surface area contributed by atoms with Crippen LogP contribution in [0.4, 0.5) is 10.2 Å². The number of rotatable bonds is 5. The van der Waals surface area contributed by atoms with Crippen molar-refractivity contribution in [2.24, 2.45) is 0 Å². The molecule has 4 heterocycles. The molecule has 4 aromatic heterocycles. The molecule has 158 valence electrons. The number of hydrogen-bond donors (Lipinski definition) is 2. The molecule has 8 heteroatoms. The summed E-state index contributed by atoms with van der Waals surface area (Å²) in [5.41, 5.74) is 4.27. The second-order valence-corrected chi connectivity index (χ2v) is 7.54. The molecule has 0 radical (unpaired) electrons. The van der Waals surface area contributed by atoms with Gasteiger partial charge in [0.05, 0.1) is 22.6 Å². The molecule has 0 saturated carbocycles. The number of anilines is 1. The fraction of sp³-hybridized carbons (Fsp3) is 0.174. The van der Waals surface area contributed by atoms with Gasteiger partial charge in [0, 0.05) is 41.5 Å². The van der Waals surface area contributed by atoms with Crippen molar-refractivity contribution < 1.29 is 4.39 Å². The van der Waals surface area contributed by atoms with E-state index < -0.39 is 5.82 Å². The maximum atomic E-state index is 13.6. The van der Waals surface area contributed by atoms with Gasteiger partial charge in [0.15, 0.2) is 5.65 Å². The van der Waals surface area contributed by atoms with Crippen LogP contribution in [0.1, 0.15) is 19.4 Å². The Hall–Kier alpha value is -3.26. The van der Waals surface area contributed by atoms with Crippen LogP contribution in [-0.2, 0) is 6.42 Å². The molecule has 31 heavy (non-hydrogen) atoms. The zero-order valence-corrected chi connectivity index (χ0v) is 18.8. The van der Waals surface area contributed by atoms with Crippen molar-refractivity contribution in [3.8, 4) is 11.3 Å². The number of pyridine rings is 1. The quantitative estimate of drug-likeness (QED) is 0.330. The first-order valence-electron chi connectivity index (χ1n) is 10.1. The second kappa shape index (κ2) is 9.26. The molecule has 0 aliphatic heterocycles. The predicted octanol–water partition coefficient (Wildman–Crippen LogP) is 5.86. The van der Waals surface area contributed by atoms with Gasteiger partial charge in [0.25, 0.3) is 0 Å². The number of aromatic nitrogens is 5. The third kappa shape index (κ3) is 4.29. The number of halogens is 2.